The molecule has 0 aliphatic heterocycles. The minimum atomic E-state index is -2.98. The monoisotopic (exact) mass is 261 g/mol. The van der Waals surface area contributed by atoms with E-state index in [1.165, 1.54) is 0 Å². The summed E-state index contributed by atoms with van der Waals surface area (Å²) in [5.74, 6) is 0. The Morgan fingerprint density at radius 2 is 1.80 bits per heavy atom. The molecule has 0 bridgehead atoms. The number of aliphatic hydroxyl groups is 1. The molecule has 5 nitrogen and oxygen atoms in total. The summed E-state index contributed by atoms with van der Waals surface area (Å²) >= 11 is 0. The normalized spacial score (nSPS) is 13.3. The Kier molecular flexibility index (Phi) is 11.3. The van der Waals surface area contributed by atoms with Crippen molar-refractivity contribution in [3.8, 4) is 0 Å². The van der Waals surface area contributed by atoms with Crippen molar-refractivity contribution in [3.05, 3.63) is 0 Å². The van der Waals surface area contributed by atoms with Gasteiger partial charge in [0.05, 0.1) is 26.0 Å². The minimum absolute atomic E-state index is 0. The van der Waals surface area contributed by atoms with Crippen LogP contribution < -0.4 is 5.73 Å². The molecule has 3 N–H and O–H groups in total. The van der Waals surface area contributed by atoms with E-state index < -0.39 is 7.60 Å². The largest absolute Gasteiger partial charge is 0.395 e. The summed E-state index contributed by atoms with van der Waals surface area (Å²) in [5, 5.41) is 8.70. The molecule has 0 spiro atoms. The third kappa shape index (κ3) is 8.20. The van der Waals surface area contributed by atoms with Gasteiger partial charge >= 0.3 is 7.60 Å². The predicted molar refractivity (Wildman–Crippen MR) is 62.7 cm³/mol. The molecule has 0 aromatic heterocycles. The van der Waals surface area contributed by atoms with E-state index in [1.54, 1.807) is 13.8 Å². The molecule has 0 heterocycles. The SMILES string of the molecule is CCOP(=O)(CC[C@H](N)CO)OCC.Cl. The molecule has 15 heavy (non-hydrogen) atoms. The lowest BCUT2D eigenvalue weighted by atomic mass is 10.3. The van der Waals surface area contributed by atoms with Crippen LogP contribution in [0.15, 0.2) is 0 Å². The summed E-state index contributed by atoms with van der Waals surface area (Å²) in [4.78, 5) is 0. The lowest BCUT2D eigenvalue weighted by molar-refractivity contribution is 0.216. The molecule has 0 aliphatic rings. The van der Waals surface area contributed by atoms with Crippen molar-refractivity contribution in [2.75, 3.05) is 26.0 Å². The first kappa shape index (κ1) is 17.7. The number of hydrogen-bond donors (Lipinski definition) is 2. The van der Waals surface area contributed by atoms with Crippen LogP contribution in [-0.4, -0.2) is 37.1 Å². The Morgan fingerprint density at radius 1 is 1.33 bits per heavy atom. The van der Waals surface area contributed by atoms with Crippen molar-refractivity contribution in [3.63, 3.8) is 0 Å². The number of hydrogen-bond acceptors (Lipinski definition) is 5. The lowest BCUT2D eigenvalue weighted by Crippen LogP contribution is -2.25. The summed E-state index contributed by atoms with van der Waals surface area (Å²) in [7, 11) is -2.98. The van der Waals surface area contributed by atoms with Gasteiger partial charge in [-0.1, -0.05) is 0 Å². The van der Waals surface area contributed by atoms with Crippen LogP contribution in [0.25, 0.3) is 0 Å². The van der Waals surface area contributed by atoms with Crippen molar-refractivity contribution < 1.29 is 18.7 Å². The van der Waals surface area contributed by atoms with Gasteiger partial charge in [-0.05, 0) is 20.3 Å². The molecule has 0 saturated heterocycles. The lowest BCUT2D eigenvalue weighted by Gasteiger charge is -2.18. The van der Waals surface area contributed by atoms with Crippen LogP contribution in [0.5, 0.6) is 0 Å². The van der Waals surface area contributed by atoms with Crippen molar-refractivity contribution in [1.29, 1.82) is 0 Å². The highest BCUT2D eigenvalue weighted by atomic mass is 35.5. The topological polar surface area (TPSA) is 81.8 Å². The van der Waals surface area contributed by atoms with Gasteiger partial charge in [0, 0.05) is 6.04 Å². The zero-order valence-electron chi connectivity index (χ0n) is 9.22. The van der Waals surface area contributed by atoms with Gasteiger partial charge in [0.1, 0.15) is 0 Å². The average molecular weight is 262 g/mol. The zero-order valence-corrected chi connectivity index (χ0v) is 10.9. The zero-order chi connectivity index (χ0) is 11.0. The fourth-order valence-corrected chi connectivity index (χ4v) is 2.74. The molecular weight excluding hydrogens is 241 g/mol. The maximum absolute atomic E-state index is 11.9. The van der Waals surface area contributed by atoms with Crippen LogP contribution in [-0.2, 0) is 13.6 Å². The summed E-state index contributed by atoms with van der Waals surface area (Å²) in [6.07, 6.45) is 0.699. The molecule has 0 aromatic rings. The van der Waals surface area contributed by atoms with Gasteiger partial charge in [-0.15, -0.1) is 12.4 Å². The van der Waals surface area contributed by atoms with E-state index in [4.69, 9.17) is 19.9 Å². The predicted octanol–water partition coefficient (Wildman–Crippen LogP) is 1.38. The number of aliphatic hydroxyl groups excluding tert-OH is 1. The average Bonchev–Trinajstić information content (AvgIpc) is 2.15. The summed E-state index contributed by atoms with van der Waals surface area (Å²) < 4.78 is 22.0. The summed E-state index contributed by atoms with van der Waals surface area (Å²) in [6.45, 7) is 4.12. The Morgan fingerprint density at radius 3 is 2.13 bits per heavy atom. The fourth-order valence-electron chi connectivity index (χ4n) is 0.975. The number of nitrogens with two attached hydrogens (primary N) is 1. The van der Waals surface area contributed by atoms with Crippen LogP contribution in [0.4, 0.5) is 0 Å². The van der Waals surface area contributed by atoms with E-state index in [2.05, 4.69) is 0 Å². The van der Waals surface area contributed by atoms with Crippen LogP contribution in [0.1, 0.15) is 20.3 Å². The molecule has 0 aromatic carbocycles. The second kappa shape index (κ2) is 9.58. The molecule has 0 aliphatic carbocycles. The maximum atomic E-state index is 11.9. The molecule has 0 radical (unpaired) electrons. The smallest absolute Gasteiger partial charge is 0.330 e. The quantitative estimate of drug-likeness (QED) is 0.645. The Balaban J connectivity index is 0. The van der Waals surface area contributed by atoms with E-state index in [9.17, 15) is 4.57 Å². The maximum Gasteiger partial charge on any atom is 0.330 e. The second-order valence-electron chi connectivity index (χ2n) is 2.90. The van der Waals surface area contributed by atoms with Crippen molar-refractivity contribution in [1.82, 2.24) is 0 Å². The molecule has 0 fully saturated rings. The highest BCUT2D eigenvalue weighted by molar-refractivity contribution is 7.53. The van der Waals surface area contributed by atoms with Crippen LogP contribution in [0, 0.1) is 0 Å². The van der Waals surface area contributed by atoms with Gasteiger partial charge in [-0.2, -0.15) is 0 Å². The second-order valence-corrected chi connectivity index (χ2v) is 5.09. The van der Waals surface area contributed by atoms with E-state index in [0.29, 0.717) is 19.6 Å². The molecule has 0 unspecified atom stereocenters. The number of halogens is 1. The van der Waals surface area contributed by atoms with Gasteiger partial charge < -0.3 is 19.9 Å². The van der Waals surface area contributed by atoms with Crippen LogP contribution in [0.3, 0.4) is 0 Å². The Hall–Kier alpha value is 0.360. The first-order valence-corrected chi connectivity index (χ1v) is 6.55. The van der Waals surface area contributed by atoms with Gasteiger partial charge in [0.15, 0.2) is 0 Å². The molecular formula is C8H21ClNO4P. The van der Waals surface area contributed by atoms with Gasteiger partial charge in [-0.3, -0.25) is 4.57 Å². The van der Waals surface area contributed by atoms with Gasteiger partial charge in [0.2, 0.25) is 0 Å². The van der Waals surface area contributed by atoms with Crippen molar-refractivity contribution in [2.45, 2.75) is 26.3 Å². The third-order valence-corrected chi connectivity index (χ3v) is 3.77. The van der Waals surface area contributed by atoms with Gasteiger partial charge in [-0.25, -0.2) is 0 Å². The first-order valence-electron chi connectivity index (χ1n) is 4.82. The number of rotatable bonds is 8. The third-order valence-electron chi connectivity index (χ3n) is 1.66. The minimum Gasteiger partial charge on any atom is -0.395 e. The van der Waals surface area contributed by atoms with Crippen LogP contribution >= 0.6 is 20.0 Å². The van der Waals surface area contributed by atoms with E-state index in [-0.39, 0.29) is 31.2 Å². The van der Waals surface area contributed by atoms with E-state index in [1.807, 2.05) is 0 Å². The molecule has 0 saturated carbocycles. The molecule has 0 amide bonds. The molecule has 94 valence electrons. The van der Waals surface area contributed by atoms with E-state index in [0.717, 1.165) is 0 Å². The summed E-state index contributed by atoms with van der Waals surface area (Å²) in [5.41, 5.74) is 5.49. The van der Waals surface area contributed by atoms with Crippen molar-refractivity contribution >= 4 is 20.0 Å². The first-order chi connectivity index (χ1) is 6.58. The Labute approximate surface area is 97.3 Å². The molecule has 7 heteroatoms. The van der Waals surface area contributed by atoms with Crippen LogP contribution in [0.2, 0.25) is 0 Å². The van der Waals surface area contributed by atoms with Gasteiger partial charge in [0.25, 0.3) is 0 Å². The Bertz CT molecular complexity index is 183. The fraction of sp³-hybridized carbons (Fsp3) is 1.00. The molecule has 0 rings (SSSR count). The van der Waals surface area contributed by atoms with E-state index >= 15 is 0 Å². The van der Waals surface area contributed by atoms with Crippen molar-refractivity contribution in [2.24, 2.45) is 5.73 Å². The highest BCUT2D eigenvalue weighted by Crippen LogP contribution is 2.48. The standard InChI is InChI=1S/C8H20NO4P.ClH/c1-3-12-14(11,13-4-2)6-5-8(9)7-10;/h8,10H,3-7,9H2,1-2H3;1H/t8-;/m0./s1. The molecule has 1 atom stereocenters. The highest BCUT2D eigenvalue weighted by Gasteiger charge is 2.23. The summed E-state index contributed by atoms with van der Waals surface area (Å²) in [6, 6.07) is -0.357.